The smallest absolute Gasteiger partial charge is 0.261 e. The van der Waals surface area contributed by atoms with Crippen LogP contribution in [-0.4, -0.2) is 44.1 Å². The summed E-state index contributed by atoms with van der Waals surface area (Å²) < 4.78 is 17.4. The summed E-state index contributed by atoms with van der Waals surface area (Å²) in [4.78, 5) is 28.0. The summed E-state index contributed by atoms with van der Waals surface area (Å²) in [5.74, 6) is 0.833. The Kier molecular flexibility index (Phi) is 8.84. The van der Waals surface area contributed by atoms with E-state index in [1.165, 1.54) is 6.07 Å². The molecular formula is C27H25BrCl2N2O5. The number of amides is 2. The molecule has 194 valence electrons. The predicted molar refractivity (Wildman–Crippen MR) is 147 cm³/mol. The molecule has 1 saturated heterocycles. The van der Waals surface area contributed by atoms with Gasteiger partial charge in [0.15, 0.2) is 18.1 Å². The van der Waals surface area contributed by atoms with Crippen LogP contribution < -0.4 is 19.5 Å². The van der Waals surface area contributed by atoms with Gasteiger partial charge in [-0.3, -0.25) is 9.59 Å². The highest BCUT2D eigenvalue weighted by molar-refractivity contribution is 9.10. The van der Waals surface area contributed by atoms with Crippen LogP contribution in [0.25, 0.3) is 0 Å². The number of nitrogens with zero attached hydrogens (tertiary/aromatic N) is 1. The van der Waals surface area contributed by atoms with Crippen LogP contribution >= 0.6 is 39.1 Å². The van der Waals surface area contributed by atoms with E-state index in [1.54, 1.807) is 49.5 Å². The van der Waals surface area contributed by atoms with Crippen LogP contribution in [0.5, 0.6) is 17.2 Å². The van der Waals surface area contributed by atoms with Gasteiger partial charge in [-0.25, -0.2) is 0 Å². The zero-order chi connectivity index (χ0) is 26.5. The maximum atomic E-state index is 13.2. The van der Waals surface area contributed by atoms with Crippen LogP contribution in [0, 0.1) is 0 Å². The van der Waals surface area contributed by atoms with E-state index in [4.69, 9.17) is 37.4 Å². The molecule has 1 N–H and O–H groups in total. The average molecular weight is 608 g/mol. The zero-order valence-electron chi connectivity index (χ0n) is 20.2. The summed E-state index contributed by atoms with van der Waals surface area (Å²) in [5, 5.41) is 3.50. The van der Waals surface area contributed by atoms with Crippen LogP contribution in [0.3, 0.4) is 0 Å². The Bertz CT molecular complexity index is 1320. The number of hydrogen-bond acceptors (Lipinski definition) is 5. The molecule has 0 aromatic heterocycles. The number of nitrogens with one attached hydrogen (secondary N) is 1. The topological polar surface area (TPSA) is 77.1 Å². The number of benzene rings is 3. The lowest BCUT2D eigenvalue weighted by Crippen LogP contribution is -2.34. The van der Waals surface area contributed by atoms with Crippen LogP contribution in [0.15, 0.2) is 59.1 Å². The molecule has 37 heavy (non-hydrogen) atoms. The van der Waals surface area contributed by atoms with Gasteiger partial charge in [0, 0.05) is 16.0 Å². The molecule has 4 rings (SSSR count). The second-order valence-corrected chi connectivity index (χ2v) is 10.1. The van der Waals surface area contributed by atoms with E-state index in [0.717, 1.165) is 22.9 Å². The van der Waals surface area contributed by atoms with E-state index >= 15 is 0 Å². The molecule has 3 aromatic carbocycles. The van der Waals surface area contributed by atoms with Gasteiger partial charge in [-0.05, 0) is 66.9 Å². The Hall–Kier alpha value is -2.94. The first-order valence-electron chi connectivity index (χ1n) is 11.5. The third-order valence-corrected chi connectivity index (χ3v) is 7.12. The Morgan fingerprint density at radius 2 is 1.76 bits per heavy atom. The highest BCUT2D eigenvalue weighted by Crippen LogP contribution is 2.37. The lowest BCUT2D eigenvalue weighted by atomic mass is 10.0. The van der Waals surface area contributed by atoms with Gasteiger partial charge >= 0.3 is 0 Å². The molecule has 10 heteroatoms. The quantitative estimate of drug-likeness (QED) is 0.306. The van der Waals surface area contributed by atoms with Crippen molar-refractivity contribution >= 4 is 56.6 Å². The van der Waals surface area contributed by atoms with Gasteiger partial charge in [-0.2, -0.15) is 0 Å². The van der Waals surface area contributed by atoms with Crippen molar-refractivity contribution in [3.8, 4) is 17.2 Å². The molecule has 0 aliphatic carbocycles. The van der Waals surface area contributed by atoms with Crippen molar-refractivity contribution in [2.45, 2.75) is 18.9 Å². The van der Waals surface area contributed by atoms with Crippen molar-refractivity contribution in [2.24, 2.45) is 0 Å². The number of rotatable bonds is 8. The van der Waals surface area contributed by atoms with Crippen molar-refractivity contribution in [1.29, 1.82) is 0 Å². The molecule has 7 nitrogen and oxygen atoms in total. The van der Waals surface area contributed by atoms with Crippen LogP contribution in [0.2, 0.25) is 10.0 Å². The van der Waals surface area contributed by atoms with E-state index in [9.17, 15) is 9.59 Å². The second-order valence-electron chi connectivity index (χ2n) is 8.37. The predicted octanol–water partition coefficient (Wildman–Crippen LogP) is 6.77. The Morgan fingerprint density at radius 1 is 1.00 bits per heavy atom. The maximum Gasteiger partial charge on any atom is 0.261 e. The lowest BCUT2D eigenvalue weighted by Gasteiger charge is -2.26. The molecule has 1 aliphatic heterocycles. The zero-order valence-corrected chi connectivity index (χ0v) is 23.3. The molecule has 2 amide bonds. The van der Waals surface area contributed by atoms with Gasteiger partial charge in [0.1, 0.15) is 5.75 Å². The van der Waals surface area contributed by atoms with Gasteiger partial charge in [-0.1, -0.05) is 45.2 Å². The normalized spacial score (nSPS) is 14.8. The van der Waals surface area contributed by atoms with E-state index in [2.05, 4.69) is 21.2 Å². The number of hydrogen-bond donors (Lipinski definition) is 1. The van der Waals surface area contributed by atoms with Gasteiger partial charge in [0.2, 0.25) is 0 Å². The fraction of sp³-hybridized carbons (Fsp3) is 0.259. The summed E-state index contributed by atoms with van der Waals surface area (Å²) in [6.07, 6.45) is 1.69. The largest absolute Gasteiger partial charge is 0.493 e. The number of carbonyl (C=O) groups excluding carboxylic acids is 2. The van der Waals surface area contributed by atoms with Crippen molar-refractivity contribution in [1.82, 2.24) is 4.90 Å². The van der Waals surface area contributed by atoms with Gasteiger partial charge < -0.3 is 24.4 Å². The van der Waals surface area contributed by atoms with Crippen LogP contribution in [0.4, 0.5) is 5.69 Å². The third-order valence-electron chi connectivity index (χ3n) is 6.08. The number of ether oxygens (including phenoxy) is 3. The Labute approximate surface area is 233 Å². The van der Waals surface area contributed by atoms with Crippen molar-refractivity contribution in [2.75, 3.05) is 32.7 Å². The standard InChI is InChI=1S/C27H25BrCl2N2O5/c1-35-24-9-5-16(12-25(24)36-2)22-4-3-11-32(22)26(33)15-37-23-10-7-18(29)14-19(23)27(34)31-21-8-6-17(28)13-20(21)30/h5-10,12-14,22H,3-4,11,15H2,1-2H3,(H,31,34). The van der Waals surface area contributed by atoms with Gasteiger partial charge in [-0.15, -0.1) is 0 Å². The molecule has 1 heterocycles. The van der Waals surface area contributed by atoms with E-state index < -0.39 is 5.91 Å². The van der Waals surface area contributed by atoms with Gasteiger partial charge in [0.25, 0.3) is 11.8 Å². The van der Waals surface area contributed by atoms with Gasteiger partial charge in [0.05, 0.1) is 36.5 Å². The molecule has 0 radical (unpaired) electrons. The molecule has 1 fully saturated rings. The number of anilines is 1. The first-order valence-corrected chi connectivity index (χ1v) is 13.1. The summed E-state index contributed by atoms with van der Waals surface area (Å²) in [6.45, 7) is 0.377. The highest BCUT2D eigenvalue weighted by Gasteiger charge is 2.31. The van der Waals surface area contributed by atoms with E-state index in [0.29, 0.717) is 33.8 Å². The molecule has 0 spiro atoms. The monoisotopic (exact) mass is 606 g/mol. The minimum Gasteiger partial charge on any atom is -0.493 e. The summed E-state index contributed by atoms with van der Waals surface area (Å²) in [7, 11) is 3.16. The Morgan fingerprint density at radius 3 is 2.49 bits per heavy atom. The van der Waals surface area contributed by atoms with Crippen LogP contribution in [-0.2, 0) is 4.79 Å². The third kappa shape index (κ3) is 6.32. The molecule has 1 atom stereocenters. The minimum absolute atomic E-state index is 0.108. The molecular weight excluding hydrogens is 583 g/mol. The number of carbonyl (C=O) groups is 2. The summed E-state index contributed by atoms with van der Waals surface area (Å²) in [5.41, 5.74) is 1.59. The lowest BCUT2D eigenvalue weighted by molar-refractivity contribution is -0.134. The number of likely N-dealkylation sites (tertiary alicyclic amines) is 1. The second kappa shape index (κ2) is 12.1. The molecule has 1 aliphatic rings. The molecule has 3 aromatic rings. The van der Waals surface area contributed by atoms with E-state index in [1.807, 2.05) is 18.2 Å². The summed E-state index contributed by atoms with van der Waals surface area (Å²) >= 11 is 15.7. The maximum absolute atomic E-state index is 13.2. The molecule has 0 bridgehead atoms. The van der Waals surface area contributed by atoms with Crippen molar-refractivity contribution in [3.63, 3.8) is 0 Å². The first kappa shape index (κ1) is 27.1. The summed E-state index contributed by atoms with van der Waals surface area (Å²) in [6, 6.07) is 15.3. The number of methoxy groups -OCH3 is 2. The first-order chi connectivity index (χ1) is 17.8. The minimum atomic E-state index is -0.460. The van der Waals surface area contributed by atoms with E-state index in [-0.39, 0.29) is 29.9 Å². The fourth-order valence-electron chi connectivity index (χ4n) is 4.28. The Balaban J connectivity index is 1.48. The highest BCUT2D eigenvalue weighted by atomic mass is 79.9. The van der Waals surface area contributed by atoms with Crippen LogP contribution in [0.1, 0.15) is 34.8 Å². The SMILES string of the molecule is COc1ccc(C2CCCN2C(=O)COc2ccc(Cl)cc2C(=O)Nc2ccc(Br)cc2Cl)cc1OC. The fourth-order valence-corrected chi connectivity index (χ4v) is 5.17. The average Bonchev–Trinajstić information content (AvgIpc) is 3.39. The van der Waals surface area contributed by atoms with Crippen molar-refractivity contribution < 1.29 is 23.8 Å². The van der Waals surface area contributed by atoms with Crippen molar-refractivity contribution in [3.05, 3.63) is 80.2 Å². The molecule has 1 unspecified atom stereocenters. The molecule has 0 saturated carbocycles. The number of halogens is 3.